The van der Waals surface area contributed by atoms with E-state index in [0.717, 1.165) is 25.0 Å². The first kappa shape index (κ1) is 13.1. The molecule has 6 heteroatoms. The van der Waals surface area contributed by atoms with E-state index in [0.29, 0.717) is 12.1 Å². The van der Waals surface area contributed by atoms with Gasteiger partial charge >= 0.3 is 5.97 Å². The summed E-state index contributed by atoms with van der Waals surface area (Å²) in [6, 6.07) is 1.74. The maximum atomic E-state index is 12.7. The summed E-state index contributed by atoms with van der Waals surface area (Å²) in [5.41, 5.74) is 1.45. The zero-order chi connectivity index (χ0) is 14.4. The molecule has 0 radical (unpaired) electrons. The molecule has 2 bridgehead atoms. The Kier molecular flexibility index (Phi) is 3.03. The summed E-state index contributed by atoms with van der Waals surface area (Å²) in [5.74, 6) is -1.26. The number of hydrogen-bond acceptors (Lipinski definition) is 3. The van der Waals surface area contributed by atoms with Gasteiger partial charge in [-0.05, 0) is 31.7 Å². The Balaban J connectivity index is 1.88. The predicted molar refractivity (Wildman–Crippen MR) is 71.3 cm³/mol. The maximum absolute atomic E-state index is 12.7. The number of nitrogens with zero attached hydrogens (tertiary/aromatic N) is 3. The van der Waals surface area contributed by atoms with Gasteiger partial charge in [-0.15, -0.1) is 0 Å². The zero-order valence-corrected chi connectivity index (χ0v) is 11.7. The van der Waals surface area contributed by atoms with Crippen molar-refractivity contribution >= 4 is 11.9 Å². The van der Waals surface area contributed by atoms with Gasteiger partial charge in [0.05, 0.1) is 11.6 Å². The van der Waals surface area contributed by atoms with Crippen LogP contribution in [-0.4, -0.2) is 43.7 Å². The van der Waals surface area contributed by atoms with E-state index in [2.05, 4.69) is 5.10 Å². The van der Waals surface area contributed by atoms with Crippen LogP contribution in [0.5, 0.6) is 0 Å². The number of hydrogen-bond donors (Lipinski definition) is 1. The van der Waals surface area contributed by atoms with Gasteiger partial charge in [-0.2, -0.15) is 5.10 Å². The SMILES string of the molecule is CCc1cc(C(=O)N2C3CCC2C(C(=O)O)C3)n(C)n1. The molecular weight excluding hydrogens is 258 g/mol. The average Bonchev–Trinajstić information content (AvgIpc) is 3.09. The lowest BCUT2D eigenvalue weighted by molar-refractivity contribution is -0.142. The molecule has 0 saturated carbocycles. The van der Waals surface area contributed by atoms with E-state index in [1.54, 1.807) is 16.6 Å². The van der Waals surface area contributed by atoms with Gasteiger partial charge < -0.3 is 10.0 Å². The molecule has 3 unspecified atom stereocenters. The fourth-order valence-electron chi connectivity index (χ4n) is 3.60. The van der Waals surface area contributed by atoms with Crippen molar-refractivity contribution in [3.63, 3.8) is 0 Å². The Bertz CT molecular complexity index is 566. The largest absolute Gasteiger partial charge is 0.481 e. The summed E-state index contributed by atoms with van der Waals surface area (Å²) in [6.07, 6.45) is 3.08. The van der Waals surface area contributed by atoms with Gasteiger partial charge in [-0.25, -0.2) is 0 Å². The molecule has 1 aromatic rings. The van der Waals surface area contributed by atoms with Crippen molar-refractivity contribution in [3.05, 3.63) is 17.5 Å². The summed E-state index contributed by atoms with van der Waals surface area (Å²) in [4.78, 5) is 25.7. The Labute approximate surface area is 117 Å². The molecule has 108 valence electrons. The first-order valence-corrected chi connectivity index (χ1v) is 7.11. The minimum Gasteiger partial charge on any atom is -0.481 e. The van der Waals surface area contributed by atoms with Gasteiger partial charge in [0.15, 0.2) is 0 Å². The molecule has 6 nitrogen and oxygen atoms in total. The van der Waals surface area contributed by atoms with Gasteiger partial charge in [0.2, 0.25) is 0 Å². The number of carbonyl (C=O) groups is 2. The third-order valence-electron chi connectivity index (χ3n) is 4.60. The van der Waals surface area contributed by atoms with Gasteiger partial charge in [0, 0.05) is 19.1 Å². The second kappa shape index (κ2) is 4.61. The smallest absolute Gasteiger partial charge is 0.308 e. The van der Waals surface area contributed by atoms with Gasteiger partial charge in [0.25, 0.3) is 5.91 Å². The summed E-state index contributed by atoms with van der Waals surface area (Å²) < 4.78 is 1.61. The van der Waals surface area contributed by atoms with Crippen LogP contribution in [0.25, 0.3) is 0 Å². The second-order valence-electron chi connectivity index (χ2n) is 5.69. The van der Waals surface area contributed by atoms with Crippen LogP contribution in [0.3, 0.4) is 0 Å². The number of carboxylic acids is 1. The quantitative estimate of drug-likeness (QED) is 0.896. The Morgan fingerprint density at radius 3 is 2.75 bits per heavy atom. The van der Waals surface area contributed by atoms with Gasteiger partial charge in [-0.3, -0.25) is 14.3 Å². The van der Waals surface area contributed by atoms with E-state index in [9.17, 15) is 14.7 Å². The molecule has 20 heavy (non-hydrogen) atoms. The third-order valence-corrected chi connectivity index (χ3v) is 4.60. The minimum atomic E-state index is -0.783. The van der Waals surface area contributed by atoms with Gasteiger partial charge in [0.1, 0.15) is 5.69 Å². The standard InChI is InChI=1S/C14H19N3O3/c1-3-8-6-12(16(2)15-8)13(18)17-9-4-5-11(17)10(7-9)14(19)20/h6,9-11H,3-5,7H2,1-2H3,(H,19,20). The predicted octanol–water partition coefficient (Wildman–Crippen LogP) is 1.06. The normalized spacial score (nSPS) is 28.1. The summed E-state index contributed by atoms with van der Waals surface area (Å²) in [5, 5.41) is 13.5. The number of carbonyl (C=O) groups excluding carboxylic acids is 1. The molecule has 1 aromatic heterocycles. The monoisotopic (exact) mass is 277 g/mol. The van der Waals surface area contributed by atoms with E-state index < -0.39 is 11.9 Å². The summed E-state index contributed by atoms with van der Waals surface area (Å²) in [7, 11) is 1.76. The van der Waals surface area contributed by atoms with Crippen molar-refractivity contribution in [2.45, 2.75) is 44.7 Å². The van der Waals surface area contributed by atoms with Gasteiger partial charge in [-0.1, -0.05) is 6.92 Å². The van der Waals surface area contributed by atoms with Crippen LogP contribution in [0.2, 0.25) is 0 Å². The van der Waals surface area contributed by atoms with E-state index >= 15 is 0 Å². The Morgan fingerprint density at radius 1 is 1.45 bits per heavy atom. The molecule has 3 atom stereocenters. The second-order valence-corrected chi connectivity index (χ2v) is 5.69. The van der Waals surface area contributed by atoms with E-state index in [1.807, 2.05) is 13.0 Å². The fraction of sp³-hybridized carbons (Fsp3) is 0.643. The average molecular weight is 277 g/mol. The first-order chi connectivity index (χ1) is 9.52. The van der Waals surface area contributed by atoms with Crippen molar-refractivity contribution in [1.29, 1.82) is 0 Å². The van der Waals surface area contributed by atoms with E-state index in [-0.39, 0.29) is 18.0 Å². The number of aliphatic carboxylic acids is 1. The highest BCUT2D eigenvalue weighted by molar-refractivity contribution is 5.94. The molecule has 1 amide bonds. The third kappa shape index (κ3) is 1.82. The molecule has 2 saturated heterocycles. The van der Waals surface area contributed by atoms with E-state index in [4.69, 9.17) is 0 Å². The highest BCUT2D eigenvalue weighted by Crippen LogP contribution is 2.42. The maximum Gasteiger partial charge on any atom is 0.308 e. The number of amides is 1. The first-order valence-electron chi connectivity index (χ1n) is 7.11. The fourth-order valence-corrected chi connectivity index (χ4v) is 3.60. The molecule has 0 aliphatic carbocycles. The molecule has 0 aromatic carbocycles. The lowest BCUT2D eigenvalue weighted by atomic mass is 9.89. The molecular formula is C14H19N3O3. The van der Waals surface area contributed by atoms with Crippen LogP contribution < -0.4 is 0 Å². The van der Waals surface area contributed by atoms with Crippen LogP contribution in [0.4, 0.5) is 0 Å². The van der Waals surface area contributed by atoms with Crippen LogP contribution in [0, 0.1) is 5.92 Å². The Hall–Kier alpha value is -1.85. The van der Waals surface area contributed by atoms with Crippen molar-refractivity contribution in [2.75, 3.05) is 0 Å². The number of aryl methyl sites for hydroxylation is 2. The molecule has 1 N–H and O–H groups in total. The molecule has 2 aliphatic rings. The molecule has 0 spiro atoms. The van der Waals surface area contributed by atoms with Crippen molar-refractivity contribution in [3.8, 4) is 0 Å². The topological polar surface area (TPSA) is 75.4 Å². The van der Waals surface area contributed by atoms with Crippen LogP contribution in [0.1, 0.15) is 42.4 Å². The number of carboxylic acid groups (broad SMARTS) is 1. The summed E-state index contributed by atoms with van der Waals surface area (Å²) in [6.45, 7) is 2.00. The minimum absolute atomic E-state index is 0.0732. The molecule has 3 rings (SSSR count). The summed E-state index contributed by atoms with van der Waals surface area (Å²) >= 11 is 0. The molecule has 2 fully saturated rings. The number of rotatable bonds is 3. The molecule has 2 aliphatic heterocycles. The lowest BCUT2D eigenvalue weighted by Crippen LogP contribution is -2.38. The van der Waals surface area contributed by atoms with Crippen molar-refractivity contribution < 1.29 is 14.7 Å². The van der Waals surface area contributed by atoms with Crippen LogP contribution in [0.15, 0.2) is 6.07 Å². The number of fused-ring (bicyclic) bond motifs is 2. The van der Waals surface area contributed by atoms with Crippen molar-refractivity contribution in [2.24, 2.45) is 13.0 Å². The van der Waals surface area contributed by atoms with Crippen molar-refractivity contribution in [1.82, 2.24) is 14.7 Å². The highest BCUT2D eigenvalue weighted by atomic mass is 16.4. The zero-order valence-electron chi connectivity index (χ0n) is 11.7. The van der Waals surface area contributed by atoms with Crippen LogP contribution >= 0.6 is 0 Å². The Morgan fingerprint density at radius 2 is 2.20 bits per heavy atom. The lowest BCUT2D eigenvalue weighted by Gasteiger charge is -2.22. The molecule has 3 heterocycles. The highest BCUT2D eigenvalue weighted by Gasteiger charge is 2.51. The van der Waals surface area contributed by atoms with Crippen LogP contribution in [-0.2, 0) is 18.3 Å². The number of aromatic nitrogens is 2. The van der Waals surface area contributed by atoms with E-state index in [1.165, 1.54) is 0 Å².